The molecular formula is C20H23N5O3. The van der Waals surface area contributed by atoms with Crippen molar-refractivity contribution in [1.82, 2.24) is 14.9 Å². The number of nitriles is 1. The maximum Gasteiger partial charge on any atom is 0.410 e. The van der Waals surface area contributed by atoms with Gasteiger partial charge in [0, 0.05) is 38.1 Å². The van der Waals surface area contributed by atoms with Crippen LogP contribution in [-0.4, -0.2) is 52.7 Å². The van der Waals surface area contributed by atoms with Gasteiger partial charge in [-0.15, -0.1) is 0 Å². The molecule has 1 aliphatic heterocycles. The van der Waals surface area contributed by atoms with Crippen molar-refractivity contribution in [1.29, 1.82) is 5.26 Å². The molecule has 146 valence electrons. The van der Waals surface area contributed by atoms with Crippen LogP contribution in [0.4, 0.5) is 10.5 Å². The zero-order chi connectivity index (χ0) is 20.1. The average Bonchev–Trinajstić information content (AvgIpc) is 2.67. The molecule has 1 amide bonds. The number of benzene rings is 1. The van der Waals surface area contributed by atoms with Gasteiger partial charge in [-0.1, -0.05) is 0 Å². The number of hydrogen-bond donors (Lipinski definition) is 0. The number of ether oxygens (including phenoxy) is 2. The van der Waals surface area contributed by atoms with E-state index in [1.54, 1.807) is 4.90 Å². The summed E-state index contributed by atoms with van der Waals surface area (Å²) in [6.07, 6.45) is 1.22. The van der Waals surface area contributed by atoms with Gasteiger partial charge in [-0.2, -0.15) is 10.2 Å². The van der Waals surface area contributed by atoms with Gasteiger partial charge in [0.2, 0.25) is 0 Å². The molecule has 1 saturated heterocycles. The molecule has 1 aromatic carbocycles. The van der Waals surface area contributed by atoms with Crippen molar-refractivity contribution in [2.45, 2.75) is 26.4 Å². The fourth-order valence-electron chi connectivity index (χ4n) is 2.76. The average molecular weight is 381 g/mol. The maximum atomic E-state index is 12.2. The fraction of sp³-hybridized carbons (Fsp3) is 0.400. The van der Waals surface area contributed by atoms with Crippen LogP contribution in [0.1, 0.15) is 26.5 Å². The molecule has 0 spiro atoms. The number of carbonyl (C=O) groups is 1. The Bertz CT molecular complexity index is 863. The summed E-state index contributed by atoms with van der Waals surface area (Å²) in [7, 11) is 0. The number of anilines is 1. The number of nitrogens with zero attached hydrogens (tertiary/aromatic N) is 5. The Morgan fingerprint density at radius 1 is 1.11 bits per heavy atom. The molecule has 0 unspecified atom stereocenters. The Morgan fingerprint density at radius 2 is 1.79 bits per heavy atom. The number of hydrogen-bond acceptors (Lipinski definition) is 7. The van der Waals surface area contributed by atoms with Crippen LogP contribution in [0.15, 0.2) is 36.5 Å². The summed E-state index contributed by atoms with van der Waals surface area (Å²) in [5.41, 5.74) is 0.813. The van der Waals surface area contributed by atoms with Gasteiger partial charge >= 0.3 is 12.1 Å². The van der Waals surface area contributed by atoms with E-state index in [2.05, 4.69) is 14.9 Å². The van der Waals surface area contributed by atoms with Gasteiger partial charge in [0.15, 0.2) is 0 Å². The van der Waals surface area contributed by atoms with Crippen LogP contribution in [0.5, 0.6) is 11.8 Å². The highest BCUT2D eigenvalue weighted by atomic mass is 16.6. The number of rotatable bonds is 3. The summed E-state index contributed by atoms with van der Waals surface area (Å²) in [5, 5.41) is 8.88. The van der Waals surface area contributed by atoms with E-state index < -0.39 is 5.60 Å². The Balaban J connectivity index is 1.56. The van der Waals surface area contributed by atoms with Gasteiger partial charge in [0.1, 0.15) is 23.1 Å². The second-order valence-electron chi connectivity index (χ2n) is 7.39. The van der Waals surface area contributed by atoms with Crippen LogP contribution >= 0.6 is 0 Å². The molecule has 8 heteroatoms. The molecular weight excluding hydrogens is 358 g/mol. The lowest BCUT2D eigenvalue weighted by molar-refractivity contribution is 0.0240. The van der Waals surface area contributed by atoms with E-state index in [0.717, 1.165) is 18.8 Å². The van der Waals surface area contributed by atoms with Crippen LogP contribution in [0, 0.1) is 11.3 Å². The standard InChI is InChI=1S/C20H23N5O3/c1-20(2,3)28-19(26)25-12-10-24(11-13-25)16-4-6-17(7-5-16)27-18-22-9-8-15(14-21)23-18/h4-9H,10-13H2,1-3H3. The van der Waals surface area contributed by atoms with Gasteiger partial charge in [0.05, 0.1) is 0 Å². The molecule has 2 aromatic rings. The molecule has 0 bridgehead atoms. The molecule has 0 atom stereocenters. The number of piperazine rings is 1. The Morgan fingerprint density at radius 3 is 2.39 bits per heavy atom. The zero-order valence-electron chi connectivity index (χ0n) is 16.3. The van der Waals surface area contributed by atoms with E-state index in [4.69, 9.17) is 14.7 Å². The molecule has 2 heterocycles. The lowest BCUT2D eigenvalue weighted by atomic mass is 10.2. The van der Waals surface area contributed by atoms with Crippen molar-refractivity contribution in [3.63, 3.8) is 0 Å². The lowest BCUT2D eigenvalue weighted by Crippen LogP contribution is -2.50. The molecule has 1 aliphatic rings. The summed E-state index contributed by atoms with van der Waals surface area (Å²) in [6.45, 7) is 8.29. The normalized spacial score (nSPS) is 14.4. The summed E-state index contributed by atoms with van der Waals surface area (Å²) in [6, 6.07) is 11.2. The third-order valence-electron chi connectivity index (χ3n) is 4.09. The van der Waals surface area contributed by atoms with E-state index in [1.165, 1.54) is 12.3 Å². The Hall–Kier alpha value is -3.34. The minimum Gasteiger partial charge on any atom is -0.444 e. The Labute approximate surface area is 164 Å². The van der Waals surface area contributed by atoms with Gasteiger partial charge in [-0.25, -0.2) is 9.78 Å². The summed E-state index contributed by atoms with van der Waals surface area (Å²) in [4.78, 5) is 24.1. The second kappa shape index (κ2) is 8.13. The fourth-order valence-corrected chi connectivity index (χ4v) is 2.76. The number of aromatic nitrogens is 2. The number of carbonyl (C=O) groups excluding carboxylic acids is 1. The van der Waals surface area contributed by atoms with Crippen LogP contribution in [0.2, 0.25) is 0 Å². The molecule has 0 aliphatic carbocycles. The lowest BCUT2D eigenvalue weighted by Gasteiger charge is -2.36. The highest BCUT2D eigenvalue weighted by Crippen LogP contribution is 2.24. The van der Waals surface area contributed by atoms with Crippen LogP contribution in [-0.2, 0) is 4.74 Å². The van der Waals surface area contributed by atoms with Crippen molar-refractivity contribution in [2.24, 2.45) is 0 Å². The van der Waals surface area contributed by atoms with E-state index >= 15 is 0 Å². The number of amides is 1. The first kappa shape index (κ1) is 19.4. The maximum absolute atomic E-state index is 12.2. The monoisotopic (exact) mass is 381 g/mol. The molecule has 1 aromatic heterocycles. The van der Waals surface area contributed by atoms with E-state index in [-0.39, 0.29) is 17.8 Å². The van der Waals surface area contributed by atoms with Crippen molar-refractivity contribution in [2.75, 3.05) is 31.1 Å². The third-order valence-corrected chi connectivity index (χ3v) is 4.09. The third kappa shape index (κ3) is 5.10. The molecule has 3 rings (SSSR count). The predicted molar refractivity (Wildman–Crippen MR) is 103 cm³/mol. The van der Waals surface area contributed by atoms with E-state index in [9.17, 15) is 4.79 Å². The van der Waals surface area contributed by atoms with Gasteiger partial charge in [0.25, 0.3) is 0 Å². The smallest absolute Gasteiger partial charge is 0.410 e. The highest BCUT2D eigenvalue weighted by molar-refractivity contribution is 5.68. The summed E-state index contributed by atoms with van der Waals surface area (Å²) < 4.78 is 11.0. The van der Waals surface area contributed by atoms with Gasteiger partial charge < -0.3 is 19.3 Å². The molecule has 1 fully saturated rings. The first-order valence-electron chi connectivity index (χ1n) is 9.08. The molecule has 0 N–H and O–H groups in total. The molecule has 0 saturated carbocycles. The van der Waals surface area contributed by atoms with Crippen molar-refractivity contribution < 1.29 is 14.3 Å². The van der Waals surface area contributed by atoms with Crippen molar-refractivity contribution in [3.8, 4) is 17.8 Å². The first-order valence-corrected chi connectivity index (χ1v) is 9.08. The van der Waals surface area contributed by atoms with E-state index in [0.29, 0.717) is 18.8 Å². The molecule has 28 heavy (non-hydrogen) atoms. The summed E-state index contributed by atoms with van der Waals surface area (Å²) >= 11 is 0. The SMILES string of the molecule is CC(C)(C)OC(=O)N1CCN(c2ccc(Oc3nccc(C#N)n3)cc2)CC1. The quantitative estimate of drug-likeness (QED) is 0.806. The predicted octanol–water partition coefficient (Wildman–Crippen LogP) is 3.20. The van der Waals surface area contributed by atoms with Crippen molar-refractivity contribution in [3.05, 3.63) is 42.2 Å². The van der Waals surface area contributed by atoms with Gasteiger partial charge in [-0.05, 0) is 51.1 Å². The van der Waals surface area contributed by atoms with E-state index in [1.807, 2.05) is 51.1 Å². The summed E-state index contributed by atoms with van der Waals surface area (Å²) in [5.74, 6) is 0.589. The largest absolute Gasteiger partial charge is 0.444 e. The zero-order valence-corrected chi connectivity index (χ0v) is 16.3. The van der Waals surface area contributed by atoms with Crippen molar-refractivity contribution >= 4 is 11.8 Å². The molecule has 8 nitrogen and oxygen atoms in total. The van der Waals surface area contributed by atoms with Crippen LogP contribution in [0.3, 0.4) is 0 Å². The minimum absolute atomic E-state index is 0.137. The topological polar surface area (TPSA) is 91.6 Å². The van der Waals surface area contributed by atoms with Gasteiger partial charge in [-0.3, -0.25) is 0 Å². The van der Waals surface area contributed by atoms with Crippen LogP contribution < -0.4 is 9.64 Å². The first-order chi connectivity index (χ1) is 13.3. The second-order valence-corrected chi connectivity index (χ2v) is 7.39. The highest BCUT2D eigenvalue weighted by Gasteiger charge is 2.25. The Kier molecular flexibility index (Phi) is 5.64. The minimum atomic E-state index is -0.486. The molecule has 0 radical (unpaired) electrons. The van der Waals surface area contributed by atoms with Crippen LogP contribution in [0.25, 0.3) is 0 Å².